The average molecular weight is 380 g/mol. The third kappa shape index (κ3) is 3.81. The van der Waals surface area contributed by atoms with Crippen molar-refractivity contribution < 1.29 is 17.9 Å². The molecule has 0 atom stereocenters. The van der Waals surface area contributed by atoms with Crippen LogP contribution in [0.1, 0.15) is 16.1 Å². The van der Waals surface area contributed by atoms with Crippen molar-refractivity contribution in [2.75, 3.05) is 7.11 Å². The van der Waals surface area contributed by atoms with Gasteiger partial charge in [-0.15, -0.1) is 0 Å². The Bertz CT molecular complexity index is 1030. The fourth-order valence-corrected chi connectivity index (χ4v) is 3.41. The number of imidazole rings is 1. The average Bonchev–Trinajstić information content (AvgIpc) is 3.01. The molecule has 0 aliphatic rings. The van der Waals surface area contributed by atoms with Gasteiger partial charge in [-0.05, 0) is 36.4 Å². The number of carbonyl (C=O) groups excluding carboxylic acids is 1. The van der Waals surface area contributed by atoms with Gasteiger partial charge in [-0.25, -0.2) is 22.9 Å². The molecule has 9 heteroatoms. The van der Waals surface area contributed by atoms with Crippen molar-refractivity contribution in [2.24, 2.45) is 0 Å². The number of fused-ring (bicyclic) bond motifs is 1. The predicted octanol–water partition coefficient (Wildman–Crippen LogP) is 2.25. The van der Waals surface area contributed by atoms with Gasteiger partial charge in [-0.2, -0.15) is 0 Å². The van der Waals surface area contributed by atoms with Gasteiger partial charge in [0.25, 0.3) is 0 Å². The minimum atomic E-state index is -3.73. The van der Waals surface area contributed by atoms with Crippen LogP contribution < -0.4 is 4.72 Å². The summed E-state index contributed by atoms with van der Waals surface area (Å²) in [6, 6.07) is 8.93. The van der Waals surface area contributed by atoms with E-state index in [2.05, 4.69) is 14.4 Å². The lowest BCUT2D eigenvalue weighted by molar-refractivity contribution is 0.0600. The van der Waals surface area contributed by atoms with Crippen LogP contribution in [-0.2, 0) is 21.3 Å². The number of nitrogens with one attached hydrogen (secondary N) is 1. The number of sulfonamides is 1. The van der Waals surface area contributed by atoms with Gasteiger partial charge in [-0.1, -0.05) is 11.6 Å². The van der Waals surface area contributed by atoms with Crippen molar-refractivity contribution in [2.45, 2.75) is 11.4 Å². The summed E-state index contributed by atoms with van der Waals surface area (Å²) in [5.74, 6) is -0.528. The molecule has 0 radical (unpaired) electrons. The maximum Gasteiger partial charge on any atom is 0.337 e. The number of aromatic nitrogens is 2. The summed E-state index contributed by atoms with van der Waals surface area (Å²) in [7, 11) is -2.47. The molecule has 0 fully saturated rings. The van der Waals surface area contributed by atoms with Crippen LogP contribution in [0.4, 0.5) is 0 Å². The SMILES string of the molecule is COC(=O)c1ccc(S(=O)(=O)NCc2cn3cc(Cl)ccc3n2)cc1. The molecule has 25 heavy (non-hydrogen) atoms. The monoisotopic (exact) mass is 379 g/mol. The van der Waals surface area contributed by atoms with Crippen molar-refractivity contribution in [1.29, 1.82) is 0 Å². The summed E-state index contributed by atoms with van der Waals surface area (Å²) in [5, 5.41) is 0.558. The van der Waals surface area contributed by atoms with E-state index in [-0.39, 0.29) is 17.0 Å². The number of methoxy groups -OCH3 is 1. The first-order valence-electron chi connectivity index (χ1n) is 7.20. The van der Waals surface area contributed by atoms with Gasteiger partial charge in [0.05, 0.1) is 34.8 Å². The van der Waals surface area contributed by atoms with Gasteiger partial charge >= 0.3 is 5.97 Å². The largest absolute Gasteiger partial charge is 0.465 e. The Hall–Kier alpha value is -2.42. The van der Waals surface area contributed by atoms with Gasteiger partial charge in [0.1, 0.15) is 5.65 Å². The van der Waals surface area contributed by atoms with Crippen molar-refractivity contribution >= 4 is 33.2 Å². The van der Waals surface area contributed by atoms with Crippen LogP contribution in [0.15, 0.2) is 53.7 Å². The lowest BCUT2D eigenvalue weighted by Crippen LogP contribution is -2.23. The lowest BCUT2D eigenvalue weighted by atomic mass is 10.2. The molecule has 0 aliphatic carbocycles. The first-order chi connectivity index (χ1) is 11.9. The second-order valence-corrected chi connectivity index (χ2v) is 7.39. The van der Waals surface area contributed by atoms with E-state index in [1.807, 2.05) is 0 Å². The van der Waals surface area contributed by atoms with Crippen LogP contribution in [0.3, 0.4) is 0 Å². The number of halogens is 1. The van der Waals surface area contributed by atoms with Crippen molar-refractivity contribution in [3.05, 3.63) is 65.1 Å². The minimum absolute atomic E-state index is 0.0282. The molecule has 0 saturated heterocycles. The van der Waals surface area contributed by atoms with Crippen molar-refractivity contribution in [1.82, 2.24) is 14.1 Å². The lowest BCUT2D eigenvalue weighted by Gasteiger charge is -2.06. The van der Waals surface area contributed by atoms with Crippen LogP contribution >= 0.6 is 11.6 Å². The second kappa shape index (κ2) is 6.83. The number of ether oxygens (including phenoxy) is 1. The number of carbonyl (C=O) groups is 1. The van der Waals surface area contributed by atoms with Gasteiger partial charge in [0, 0.05) is 12.4 Å². The van der Waals surface area contributed by atoms with E-state index in [1.165, 1.54) is 31.4 Å². The Labute approximate surface area is 149 Å². The Morgan fingerprint density at radius 2 is 1.92 bits per heavy atom. The summed E-state index contributed by atoms with van der Waals surface area (Å²) in [5.41, 5.74) is 1.50. The molecule has 0 saturated carbocycles. The molecule has 2 heterocycles. The molecule has 3 rings (SSSR count). The number of pyridine rings is 1. The number of rotatable bonds is 5. The molecule has 0 spiro atoms. The third-order valence-corrected chi connectivity index (χ3v) is 5.13. The Morgan fingerprint density at radius 3 is 2.60 bits per heavy atom. The molecule has 2 aromatic heterocycles. The molecule has 0 bridgehead atoms. The first kappa shape index (κ1) is 17.4. The maximum absolute atomic E-state index is 12.3. The highest BCUT2D eigenvalue weighted by Gasteiger charge is 2.16. The predicted molar refractivity (Wildman–Crippen MR) is 92.0 cm³/mol. The normalized spacial score (nSPS) is 11.6. The van der Waals surface area contributed by atoms with E-state index >= 15 is 0 Å². The van der Waals surface area contributed by atoms with Gasteiger partial charge in [-0.3, -0.25) is 0 Å². The highest BCUT2D eigenvalue weighted by Crippen LogP contribution is 2.14. The van der Waals surface area contributed by atoms with E-state index < -0.39 is 16.0 Å². The fourth-order valence-electron chi connectivity index (χ4n) is 2.24. The van der Waals surface area contributed by atoms with Crippen LogP contribution in [0, 0.1) is 0 Å². The van der Waals surface area contributed by atoms with E-state index in [1.54, 1.807) is 28.9 Å². The molecule has 0 unspecified atom stereocenters. The van der Waals surface area contributed by atoms with Gasteiger partial charge in [0.15, 0.2) is 0 Å². The molecular formula is C16H14ClN3O4S. The Kier molecular flexibility index (Phi) is 4.76. The Morgan fingerprint density at radius 1 is 1.20 bits per heavy atom. The zero-order chi connectivity index (χ0) is 18.0. The number of benzene rings is 1. The van der Waals surface area contributed by atoms with E-state index in [0.29, 0.717) is 16.4 Å². The number of esters is 1. The fraction of sp³-hybridized carbons (Fsp3) is 0.125. The van der Waals surface area contributed by atoms with Crippen LogP contribution in [0.2, 0.25) is 5.02 Å². The third-order valence-electron chi connectivity index (χ3n) is 3.49. The molecule has 3 aromatic rings. The standard InChI is InChI=1S/C16H14ClN3O4S/c1-24-16(21)11-2-5-14(6-3-11)25(22,23)18-8-13-10-20-9-12(17)4-7-15(20)19-13/h2-7,9-10,18H,8H2,1H3. The molecular weight excluding hydrogens is 366 g/mol. The minimum Gasteiger partial charge on any atom is -0.465 e. The quantitative estimate of drug-likeness (QED) is 0.687. The molecule has 0 aliphatic heterocycles. The van der Waals surface area contributed by atoms with Crippen LogP contribution in [0.5, 0.6) is 0 Å². The van der Waals surface area contributed by atoms with Crippen LogP contribution in [0.25, 0.3) is 5.65 Å². The molecule has 7 nitrogen and oxygen atoms in total. The zero-order valence-corrected chi connectivity index (χ0v) is 14.7. The molecule has 0 amide bonds. The number of nitrogens with zero attached hydrogens (tertiary/aromatic N) is 2. The van der Waals surface area contributed by atoms with Crippen molar-refractivity contribution in [3.8, 4) is 0 Å². The Balaban J connectivity index is 1.75. The van der Waals surface area contributed by atoms with E-state index in [0.717, 1.165) is 0 Å². The smallest absolute Gasteiger partial charge is 0.337 e. The van der Waals surface area contributed by atoms with Gasteiger partial charge < -0.3 is 9.14 Å². The summed E-state index contributed by atoms with van der Waals surface area (Å²) in [6.07, 6.45) is 3.39. The highest BCUT2D eigenvalue weighted by molar-refractivity contribution is 7.89. The first-order valence-corrected chi connectivity index (χ1v) is 9.06. The summed E-state index contributed by atoms with van der Waals surface area (Å²) < 4.78 is 33.5. The molecule has 130 valence electrons. The molecule has 1 aromatic carbocycles. The topological polar surface area (TPSA) is 89.8 Å². The number of hydrogen-bond acceptors (Lipinski definition) is 5. The summed E-state index contributed by atoms with van der Waals surface area (Å²) >= 11 is 5.91. The van der Waals surface area contributed by atoms with E-state index in [9.17, 15) is 13.2 Å². The highest BCUT2D eigenvalue weighted by atomic mass is 35.5. The molecule has 1 N–H and O–H groups in total. The van der Waals surface area contributed by atoms with Crippen LogP contribution in [-0.4, -0.2) is 30.9 Å². The summed E-state index contributed by atoms with van der Waals surface area (Å²) in [4.78, 5) is 15.8. The zero-order valence-electron chi connectivity index (χ0n) is 13.1. The maximum atomic E-state index is 12.3. The number of hydrogen-bond donors (Lipinski definition) is 1. The summed E-state index contributed by atoms with van der Waals surface area (Å²) in [6.45, 7) is 0.0282. The van der Waals surface area contributed by atoms with Gasteiger partial charge in [0.2, 0.25) is 10.0 Å². The second-order valence-electron chi connectivity index (χ2n) is 5.19. The van der Waals surface area contributed by atoms with Crippen molar-refractivity contribution in [3.63, 3.8) is 0 Å². The van der Waals surface area contributed by atoms with E-state index in [4.69, 9.17) is 11.6 Å².